The van der Waals surface area contributed by atoms with Crippen LogP contribution in [0.3, 0.4) is 0 Å². The number of anilines is 2. The van der Waals surface area contributed by atoms with Crippen LogP contribution in [-0.4, -0.2) is 52.9 Å². The van der Waals surface area contributed by atoms with Crippen molar-refractivity contribution in [3.8, 4) is 0 Å². The average Bonchev–Trinajstić information content (AvgIpc) is 3.05. The summed E-state index contributed by atoms with van der Waals surface area (Å²) in [5.41, 5.74) is 1.07. The van der Waals surface area contributed by atoms with Gasteiger partial charge in [-0.05, 0) is 57.5 Å². The molecule has 164 valence electrons. The minimum Gasteiger partial charge on any atom is -0.357 e. The monoisotopic (exact) mass is 440 g/mol. The molecule has 1 aliphatic rings. The van der Waals surface area contributed by atoms with Crippen molar-refractivity contribution in [2.75, 3.05) is 37.4 Å². The van der Waals surface area contributed by atoms with Crippen LogP contribution in [0.1, 0.15) is 40.8 Å². The summed E-state index contributed by atoms with van der Waals surface area (Å²) in [4.78, 5) is 42.6. The lowest BCUT2D eigenvalue weighted by Gasteiger charge is -2.31. The molecule has 4 rings (SSSR count). The molecule has 0 bridgehead atoms. The lowest BCUT2D eigenvalue weighted by atomic mass is 9.99. The van der Waals surface area contributed by atoms with Crippen molar-refractivity contribution < 1.29 is 4.79 Å². The van der Waals surface area contributed by atoms with Gasteiger partial charge < -0.3 is 20.1 Å². The van der Waals surface area contributed by atoms with Gasteiger partial charge in [-0.25, -0.2) is 9.97 Å². The van der Waals surface area contributed by atoms with Crippen LogP contribution in [0.15, 0.2) is 23.1 Å². The van der Waals surface area contributed by atoms with Crippen LogP contribution in [0.2, 0.25) is 0 Å². The number of amides is 1. The molecule has 0 saturated carbocycles. The standard InChI is InChI=1S/C22H28N6O2S/c1-13-7-9-28(10-8-13)17-6-5-15(11-23-17)24-21(30)19-14(2)18-20(29)25-16(12-27(3)4)26-22(18)31-19/h5-6,11,13H,7-10,12H2,1-4H3,(H,24,30)(H,25,26,29). The van der Waals surface area contributed by atoms with Crippen molar-refractivity contribution in [1.29, 1.82) is 0 Å². The van der Waals surface area contributed by atoms with Gasteiger partial charge in [0, 0.05) is 13.1 Å². The molecule has 8 nitrogen and oxygen atoms in total. The fourth-order valence-corrected chi connectivity index (χ4v) is 4.95. The van der Waals surface area contributed by atoms with Gasteiger partial charge in [-0.3, -0.25) is 9.59 Å². The molecule has 0 aromatic carbocycles. The first kappa shape index (κ1) is 21.5. The molecule has 31 heavy (non-hydrogen) atoms. The molecule has 0 unspecified atom stereocenters. The van der Waals surface area contributed by atoms with Crippen LogP contribution in [0.4, 0.5) is 11.5 Å². The Hall–Kier alpha value is -2.78. The van der Waals surface area contributed by atoms with E-state index >= 15 is 0 Å². The second-order valence-electron chi connectivity index (χ2n) is 8.52. The topological polar surface area (TPSA) is 94.2 Å². The first-order valence-corrected chi connectivity index (χ1v) is 11.3. The zero-order valence-corrected chi connectivity index (χ0v) is 19.2. The van der Waals surface area contributed by atoms with Gasteiger partial charge in [0.05, 0.1) is 28.7 Å². The number of aromatic amines is 1. The summed E-state index contributed by atoms with van der Waals surface area (Å²) in [6.45, 7) is 6.62. The zero-order valence-electron chi connectivity index (χ0n) is 18.4. The second kappa shape index (κ2) is 8.76. The van der Waals surface area contributed by atoms with Gasteiger partial charge in [-0.15, -0.1) is 11.3 Å². The smallest absolute Gasteiger partial charge is 0.266 e. The number of thiophene rings is 1. The van der Waals surface area contributed by atoms with E-state index in [1.54, 1.807) is 13.1 Å². The van der Waals surface area contributed by atoms with Crippen LogP contribution < -0.4 is 15.8 Å². The lowest BCUT2D eigenvalue weighted by molar-refractivity contribution is 0.103. The summed E-state index contributed by atoms with van der Waals surface area (Å²) in [6, 6.07) is 3.82. The van der Waals surface area contributed by atoms with Crippen molar-refractivity contribution in [1.82, 2.24) is 19.9 Å². The van der Waals surface area contributed by atoms with E-state index in [-0.39, 0.29) is 11.5 Å². The Kier molecular flexibility index (Phi) is 6.06. The van der Waals surface area contributed by atoms with Crippen molar-refractivity contribution in [2.24, 2.45) is 5.92 Å². The molecule has 4 heterocycles. The Morgan fingerprint density at radius 2 is 2.06 bits per heavy atom. The van der Waals surface area contributed by atoms with E-state index in [4.69, 9.17) is 0 Å². The van der Waals surface area contributed by atoms with Crippen LogP contribution in [0.5, 0.6) is 0 Å². The van der Waals surface area contributed by atoms with E-state index in [1.165, 1.54) is 24.2 Å². The number of pyridine rings is 1. The summed E-state index contributed by atoms with van der Waals surface area (Å²) in [5.74, 6) is 2.03. The van der Waals surface area contributed by atoms with Gasteiger partial charge in [0.25, 0.3) is 11.5 Å². The SMILES string of the molecule is Cc1c(C(=O)Nc2ccc(N3CCC(C)CC3)nc2)sc2nc(CN(C)C)[nH]c(=O)c12. The number of aromatic nitrogens is 3. The molecule has 0 aliphatic carbocycles. The molecule has 1 aliphatic heterocycles. The maximum absolute atomic E-state index is 12.9. The number of nitrogens with one attached hydrogen (secondary N) is 2. The Labute approximate surface area is 185 Å². The maximum Gasteiger partial charge on any atom is 0.266 e. The first-order valence-electron chi connectivity index (χ1n) is 10.5. The van der Waals surface area contributed by atoms with Gasteiger partial charge in [0.15, 0.2) is 0 Å². The first-order chi connectivity index (χ1) is 14.8. The van der Waals surface area contributed by atoms with E-state index in [0.29, 0.717) is 38.7 Å². The largest absolute Gasteiger partial charge is 0.357 e. The fraction of sp³-hybridized carbons (Fsp3) is 0.455. The van der Waals surface area contributed by atoms with Crippen molar-refractivity contribution in [2.45, 2.75) is 33.2 Å². The molecule has 0 spiro atoms. The highest BCUT2D eigenvalue weighted by atomic mass is 32.1. The van der Waals surface area contributed by atoms with Gasteiger partial charge >= 0.3 is 0 Å². The number of aryl methyl sites for hydroxylation is 1. The number of hydrogen-bond acceptors (Lipinski definition) is 7. The van der Waals surface area contributed by atoms with Crippen molar-refractivity contribution in [3.63, 3.8) is 0 Å². The number of carbonyl (C=O) groups excluding carboxylic acids is 1. The Balaban J connectivity index is 1.52. The summed E-state index contributed by atoms with van der Waals surface area (Å²) < 4.78 is 0. The number of fused-ring (bicyclic) bond motifs is 1. The fourth-order valence-electron chi connectivity index (χ4n) is 3.85. The molecular formula is C22H28N6O2S. The minimum atomic E-state index is -0.254. The molecule has 3 aromatic rings. The quantitative estimate of drug-likeness (QED) is 0.633. The van der Waals surface area contributed by atoms with Gasteiger partial charge in [-0.2, -0.15) is 0 Å². The predicted octanol–water partition coefficient (Wildman–Crippen LogP) is 3.24. The Bertz CT molecular complexity index is 1140. The third-order valence-electron chi connectivity index (χ3n) is 5.64. The van der Waals surface area contributed by atoms with Crippen LogP contribution in [0, 0.1) is 12.8 Å². The zero-order chi connectivity index (χ0) is 22.1. The van der Waals surface area contributed by atoms with Gasteiger partial charge in [0.1, 0.15) is 16.5 Å². The lowest BCUT2D eigenvalue weighted by Crippen LogP contribution is -2.33. The Morgan fingerprint density at radius 1 is 1.32 bits per heavy atom. The minimum absolute atomic E-state index is 0.212. The molecule has 0 atom stereocenters. The molecule has 3 aromatic heterocycles. The highest BCUT2D eigenvalue weighted by molar-refractivity contribution is 7.20. The van der Waals surface area contributed by atoms with E-state index < -0.39 is 0 Å². The number of nitrogens with zero attached hydrogens (tertiary/aromatic N) is 4. The molecule has 9 heteroatoms. The highest BCUT2D eigenvalue weighted by Gasteiger charge is 2.20. The predicted molar refractivity (Wildman–Crippen MR) is 125 cm³/mol. The summed E-state index contributed by atoms with van der Waals surface area (Å²) in [5, 5.41) is 3.38. The van der Waals surface area contributed by atoms with E-state index in [9.17, 15) is 9.59 Å². The third-order valence-corrected chi connectivity index (χ3v) is 6.82. The normalized spacial score (nSPS) is 15.1. The second-order valence-corrected chi connectivity index (χ2v) is 9.51. The highest BCUT2D eigenvalue weighted by Crippen LogP contribution is 2.28. The number of H-pyrrole nitrogens is 1. The molecule has 2 N–H and O–H groups in total. The number of carbonyl (C=O) groups is 1. The molecule has 1 saturated heterocycles. The number of piperidine rings is 1. The molecule has 1 amide bonds. The summed E-state index contributed by atoms with van der Waals surface area (Å²) in [7, 11) is 3.82. The molecule has 0 radical (unpaired) electrons. The third kappa shape index (κ3) is 4.62. The van der Waals surface area contributed by atoms with Crippen molar-refractivity contribution in [3.05, 3.63) is 44.9 Å². The summed E-state index contributed by atoms with van der Waals surface area (Å²) in [6.07, 6.45) is 4.04. The van der Waals surface area contributed by atoms with E-state index in [2.05, 4.69) is 32.1 Å². The molecule has 1 fully saturated rings. The summed E-state index contributed by atoms with van der Waals surface area (Å²) >= 11 is 1.24. The number of rotatable bonds is 5. The van der Waals surface area contributed by atoms with Crippen LogP contribution in [-0.2, 0) is 6.54 Å². The maximum atomic E-state index is 12.9. The average molecular weight is 441 g/mol. The van der Waals surface area contributed by atoms with Crippen LogP contribution >= 0.6 is 11.3 Å². The van der Waals surface area contributed by atoms with E-state index in [0.717, 1.165) is 24.8 Å². The van der Waals surface area contributed by atoms with Crippen molar-refractivity contribution >= 4 is 39.0 Å². The van der Waals surface area contributed by atoms with E-state index in [1.807, 2.05) is 31.1 Å². The van der Waals surface area contributed by atoms with Gasteiger partial charge in [0.2, 0.25) is 0 Å². The van der Waals surface area contributed by atoms with Gasteiger partial charge in [-0.1, -0.05) is 6.92 Å². The molecular weight excluding hydrogens is 412 g/mol. The van der Waals surface area contributed by atoms with Crippen LogP contribution in [0.25, 0.3) is 10.2 Å². The Morgan fingerprint density at radius 3 is 2.71 bits per heavy atom. The number of hydrogen-bond donors (Lipinski definition) is 2.